The summed E-state index contributed by atoms with van der Waals surface area (Å²) in [7, 11) is 1.38. The smallest absolute Gasteiger partial charge is 0.305 e. The number of carbonyl (C=O) groups is 1. The van der Waals surface area contributed by atoms with E-state index >= 15 is 0 Å². The second kappa shape index (κ2) is 9.92. The lowest BCUT2D eigenvalue weighted by atomic mass is 9.84. The summed E-state index contributed by atoms with van der Waals surface area (Å²) in [6, 6.07) is 19.0. The maximum absolute atomic E-state index is 11.5. The molecule has 0 unspecified atom stereocenters. The van der Waals surface area contributed by atoms with Crippen molar-refractivity contribution in [2.45, 2.75) is 39.0 Å². The Balaban J connectivity index is 0.000000266. The Hall–Kier alpha value is -4.27. The number of methoxy groups -OCH3 is 1. The number of benzene rings is 3. The molecule has 2 heterocycles. The molecule has 9 heteroatoms. The van der Waals surface area contributed by atoms with Crippen molar-refractivity contribution in [3.8, 4) is 11.4 Å². The zero-order valence-corrected chi connectivity index (χ0v) is 20.2. The van der Waals surface area contributed by atoms with E-state index in [0.29, 0.717) is 12.1 Å². The van der Waals surface area contributed by atoms with Crippen LogP contribution in [0, 0.1) is 0 Å². The lowest BCUT2D eigenvalue weighted by Crippen LogP contribution is -2.14. The van der Waals surface area contributed by atoms with Crippen LogP contribution in [-0.4, -0.2) is 48.6 Å². The first-order valence-corrected chi connectivity index (χ1v) is 11.3. The Bertz CT molecular complexity index is 1400. The van der Waals surface area contributed by atoms with Crippen LogP contribution in [-0.2, 0) is 21.4 Å². The van der Waals surface area contributed by atoms with Crippen molar-refractivity contribution in [1.82, 2.24) is 30.4 Å². The number of hydrogen-bond acceptors (Lipinski definition) is 7. The van der Waals surface area contributed by atoms with Gasteiger partial charge in [0.1, 0.15) is 28.0 Å². The molecular formula is C26H28N6O3. The van der Waals surface area contributed by atoms with Gasteiger partial charge in [0.2, 0.25) is 0 Å². The molecule has 0 saturated heterocycles. The van der Waals surface area contributed by atoms with Crippen LogP contribution in [0.1, 0.15) is 38.3 Å². The first-order valence-electron chi connectivity index (χ1n) is 11.3. The Morgan fingerprint density at radius 2 is 1.63 bits per heavy atom. The number of esters is 1. The molecular weight excluding hydrogens is 444 g/mol. The molecule has 0 aliphatic carbocycles. The average molecular weight is 473 g/mol. The van der Waals surface area contributed by atoms with Crippen molar-refractivity contribution >= 4 is 28.0 Å². The number of carbonyl (C=O) groups excluding carboxylic acids is 1. The molecule has 0 bridgehead atoms. The van der Waals surface area contributed by atoms with Crippen LogP contribution in [0.15, 0.2) is 60.7 Å². The number of aromatic hydroxyl groups is 1. The van der Waals surface area contributed by atoms with Gasteiger partial charge in [-0.1, -0.05) is 56.3 Å². The van der Waals surface area contributed by atoms with E-state index in [0.717, 1.165) is 33.2 Å². The van der Waals surface area contributed by atoms with E-state index < -0.39 is 0 Å². The monoisotopic (exact) mass is 472 g/mol. The normalized spacial score (nSPS) is 11.3. The van der Waals surface area contributed by atoms with Crippen molar-refractivity contribution < 1.29 is 14.6 Å². The van der Waals surface area contributed by atoms with E-state index in [-0.39, 0.29) is 23.6 Å². The highest BCUT2D eigenvalue weighted by Crippen LogP contribution is 2.36. The number of para-hydroxylation sites is 1. The third kappa shape index (κ3) is 5.46. The average Bonchev–Trinajstić information content (AvgIpc) is 3.49. The van der Waals surface area contributed by atoms with Gasteiger partial charge in [0.15, 0.2) is 0 Å². The van der Waals surface area contributed by atoms with Crippen molar-refractivity contribution in [1.29, 1.82) is 0 Å². The predicted octanol–water partition coefficient (Wildman–Crippen LogP) is 4.49. The van der Waals surface area contributed by atoms with Crippen molar-refractivity contribution in [3.63, 3.8) is 0 Å². The molecule has 0 fully saturated rings. The van der Waals surface area contributed by atoms with Crippen LogP contribution in [0.4, 0.5) is 0 Å². The van der Waals surface area contributed by atoms with Gasteiger partial charge in [-0.2, -0.15) is 0 Å². The van der Waals surface area contributed by atoms with E-state index in [4.69, 9.17) is 4.74 Å². The minimum absolute atomic E-state index is 0.152. The highest BCUT2D eigenvalue weighted by Gasteiger charge is 2.23. The summed E-state index contributed by atoms with van der Waals surface area (Å²) in [5, 5.41) is 30.0. The summed E-state index contributed by atoms with van der Waals surface area (Å²) < 4.78 is 4.73. The predicted molar refractivity (Wildman–Crippen MR) is 133 cm³/mol. The fourth-order valence-corrected chi connectivity index (χ4v) is 3.65. The molecule has 5 rings (SSSR count). The number of nitrogens with zero attached hydrogens (tertiary/aromatic N) is 5. The molecule has 0 aliphatic rings. The van der Waals surface area contributed by atoms with E-state index in [1.807, 2.05) is 81.4 Å². The van der Waals surface area contributed by atoms with Crippen LogP contribution in [0.5, 0.6) is 5.75 Å². The van der Waals surface area contributed by atoms with Gasteiger partial charge < -0.3 is 9.84 Å². The molecule has 0 aliphatic heterocycles. The summed E-state index contributed by atoms with van der Waals surface area (Å²) in [6.45, 7) is 6.09. The highest BCUT2D eigenvalue weighted by atomic mass is 16.5. The van der Waals surface area contributed by atoms with E-state index in [1.165, 1.54) is 11.9 Å². The Kier molecular flexibility index (Phi) is 6.77. The van der Waals surface area contributed by atoms with Gasteiger partial charge in [-0.15, -0.1) is 20.1 Å². The van der Waals surface area contributed by atoms with E-state index in [1.54, 1.807) is 0 Å². The van der Waals surface area contributed by atoms with Gasteiger partial charge in [0, 0.05) is 12.0 Å². The van der Waals surface area contributed by atoms with E-state index in [9.17, 15) is 9.90 Å². The van der Waals surface area contributed by atoms with Crippen molar-refractivity contribution in [3.05, 3.63) is 71.8 Å². The third-order valence-corrected chi connectivity index (χ3v) is 5.54. The molecule has 3 aromatic carbocycles. The molecule has 5 aromatic rings. The zero-order chi connectivity index (χ0) is 25.0. The fourth-order valence-electron chi connectivity index (χ4n) is 3.65. The second-order valence-electron chi connectivity index (χ2n) is 9.14. The summed E-state index contributed by atoms with van der Waals surface area (Å²) in [5.41, 5.74) is 5.36. The Labute approximate surface area is 202 Å². The lowest BCUT2D eigenvalue weighted by molar-refractivity contribution is -0.140. The van der Waals surface area contributed by atoms with Crippen molar-refractivity contribution in [2.24, 2.45) is 0 Å². The highest BCUT2D eigenvalue weighted by molar-refractivity contribution is 5.74. The zero-order valence-electron chi connectivity index (χ0n) is 20.2. The Morgan fingerprint density at radius 3 is 2.23 bits per heavy atom. The molecule has 0 spiro atoms. The van der Waals surface area contributed by atoms with E-state index in [2.05, 4.69) is 25.6 Å². The molecule has 0 saturated carbocycles. The quantitative estimate of drug-likeness (QED) is 0.370. The number of phenolic OH excluding ortho intramolecular Hbond substituents is 1. The lowest BCUT2D eigenvalue weighted by Gasteiger charge is -2.23. The number of ether oxygens (including phenoxy) is 1. The van der Waals surface area contributed by atoms with Crippen LogP contribution >= 0.6 is 0 Å². The molecule has 9 nitrogen and oxygen atoms in total. The standard InChI is InChI=1S/C20H23N3O3.C6H5N3/c1-20(2,3)14-11-13(9-10-18(24)26-4)12-17(19(14)25)23-21-15-7-5-6-8-16(15)22-23;1-2-4-6-5(3-1)7-9-8-6/h5-8,11-12,25H,9-10H2,1-4H3;1-4H,(H,7,8,9). The molecule has 2 aromatic heterocycles. The first-order chi connectivity index (χ1) is 16.8. The van der Waals surface area contributed by atoms with Crippen LogP contribution in [0.25, 0.3) is 27.8 Å². The summed E-state index contributed by atoms with van der Waals surface area (Å²) in [5.74, 6) is -0.112. The van der Waals surface area contributed by atoms with Gasteiger partial charge in [0.25, 0.3) is 0 Å². The first kappa shape index (κ1) is 23.9. The Morgan fingerprint density at radius 1 is 1.00 bits per heavy atom. The molecule has 0 atom stereocenters. The number of aryl methyl sites for hydroxylation is 1. The van der Waals surface area contributed by atoms with Crippen molar-refractivity contribution in [2.75, 3.05) is 7.11 Å². The van der Waals surface area contributed by atoms with Gasteiger partial charge in [-0.25, -0.2) is 0 Å². The van der Waals surface area contributed by atoms with Crippen LogP contribution in [0.3, 0.4) is 0 Å². The second-order valence-corrected chi connectivity index (χ2v) is 9.14. The van der Waals surface area contributed by atoms with Gasteiger partial charge in [-0.3, -0.25) is 9.89 Å². The van der Waals surface area contributed by atoms with Gasteiger partial charge in [-0.05, 0) is 47.7 Å². The molecule has 180 valence electrons. The molecule has 0 amide bonds. The number of aromatic amines is 1. The largest absolute Gasteiger partial charge is 0.505 e. The SMILES string of the molecule is COC(=O)CCc1cc(-n2nc3ccccc3n2)c(O)c(C(C)(C)C)c1.c1ccc2[nH]nnc2c1. The summed E-state index contributed by atoms with van der Waals surface area (Å²) in [6.07, 6.45) is 0.794. The molecule has 0 radical (unpaired) electrons. The van der Waals surface area contributed by atoms with Crippen LogP contribution < -0.4 is 0 Å². The van der Waals surface area contributed by atoms with Gasteiger partial charge >= 0.3 is 5.97 Å². The maximum atomic E-state index is 11.5. The number of phenols is 1. The fraction of sp³-hybridized carbons (Fsp3) is 0.269. The van der Waals surface area contributed by atoms with Crippen LogP contribution in [0.2, 0.25) is 0 Å². The number of H-pyrrole nitrogens is 1. The number of fused-ring (bicyclic) bond motifs is 2. The minimum Gasteiger partial charge on any atom is -0.505 e. The number of rotatable bonds is 4. The maximum Gasteiger partial charge on any atom is 0.305 e. The summed E-state index contributed by atoms with van der Waals surface area (Å²) in [4.78, 5) is 13.0. The molecule has 2 N–H and O–H groups in total. The number of nitrogens with one attached hydrogen (secondary N) is 1. The third-order valence-electron chi connectivity index (χ3n) is 5.54. The topological polar surface area (TPSA) is 119 Å². The van der Waals surface area contributed by atoms with Gasteiger partial charge in [0.05, 0.1) is 12.6 Å². The number of hydrogen-bond donors (Lipinski definition) is 2. The number of aromatic nitrogens is 6. The summed E-state index contributed by atoms with van der Waals surface area (Å²) >= 11 is 0. The minimum atomic E-state index is -0.271. The molecule has 35 heavy (non-hydrogen) atoms.